The number of fused-ring (bicyclic) bond motifs is 1. The molecule has 220 valence electrons. The Labute approximate surface area is 259 Å². The van der Waals surface area contributed by atoms with E-state index < -0.39 is 36.4 Å². The highest BCUT2D eigenvalue weighted by molar-refractivity contribution is 14.1. The van der Waals surface area contributed by atoms with Crippen molar-refractivity contribution >= 4 is 22.6 Å². The van der Waals surface area contributed by atoms with Crippen molar-refractivity contribution in [2.45, 2.75) is 93.6 Å². The van der Waals surface area contributed by atoms with E-state index in [9.17, 15) is 10.8 Å². The second kappa shape index (κ2) is 11.7. The third-order valence-electron chi connectivity index (χ3n) is 9.79. The van der Waals surface area contributed by atoms with Crippen molar-refractivity contribution in [1.29, 1.82) is 5.26 Å². The zero-order valence-corrected chi connectivity index (χ0v) is 25.5. The van der Waals surface area contributed by atoms with E-state index in [-0.39, 0.29) is 18.6 Å². The van der Waals surface area contributed by atoms with Gasteiger partial charge in [-0.1, -0.05) is 53.6 Å². The van der Waals surface area contributed by atoms with Gasteiger partial charge >= 0.3 is 0 Å². The number of ether oxygens (including phenoxy) is 5. The van der Waals surface area contributed by atoms with Gasteiger partial charge in [-0.2, -0.15) is 5.26 Å². The number of nitriles is 1. The van der Waals surface area contributed by atoms with Crippen molar-refractivity contribution in [2.24, 2.45) is 22.9 Å². The molecular formula is C32H35IN4O5. The Hall–Kier alpha value is -2.23. The van der Waals surface area contributed by atoms with Crippen LogP contribution in [0.2, 0.25) is 0 Å². The minimum atomic E-state index is -1.55. The van der Waals surface area contributed by atoms with E-state index in [2.05, 4.69) is 38.7 Å². The molecule has 4 saturated carbocycles. The molecule has 4 aliphatic carbocycles. The highest BCUT2D eigenvalue weighted by Crippen LogP contribution is 2.58. The molecule has 10 heteroatoms. The number of nitrogens with zero attached hydrogens (tertiary/aromatic N) is 4. The largest absolute Gasteiger partial charge is 0.368 e. The van der Waals surface area contributed by atoms with E-state index in [1.165, 1.54) is 19.3 Å². The van der Waals surface area contributed by atoms with E-state index in [1.807, 2.05) is 54.6 Å². The quantitative estimate of drug-likeness (QED) is 0.137. The molecule has 2 aliphatic heterocycles. The number of benzene rings is 2. The zero-order valence-electron chi connectivity index (χ0n) is 23.4. The van der Waals surface area contributed by atoms with Crippen LogP contribution in [0.5, 0.6) is 0 Å². The summed E-state index contributed by atoms with van der Waals surface area (Å²) < 4.78 is 33.8. The lowest BCUT2D eigenvalue weighted by atomic mass is 9.54. The first-order valence-electron chi connectivity index (χ1n) is 15.0. The summed E-state index contributed by atoms with van der Waals surface area (Å²) >= 11 is 2.25. The average molecular weight is 683 g/mol. The van der Waals surface area contributed by atoms with Crippen LogP contribution in [0.25, 0.3) is 10.4 Å². The van der Waals surface area contributed by atoms with Crippen molar-refractivity contribution in [1.82, 2.24) is 0 Å². The lowest BCUT2D eigenvalue weighted by Gasteiger charge is -2.58. The van der Waals surface area contributed by atoms with Gasteiger partial charge in [-0.25, -0.2) is 0 Å². The Balaban J connectivity index is 1.18. The Bertz CT molecular complexity index is 1350. The molecule has 6 fully saturated rings. The summed E-state index contributed by atoms with van der Waals surface area (Å²) in [6, 6.07) is 19.2. The third-order valence-corrected chi connectivity index (χ3v) is 10.8. The van der Waals surface area contributed by atoms with Crippen LogP contribution in [0.1, 0.15) is 49.7 Å². The Kier molecular flexibility index (Phi) is 7.95. The van der Waals surface area contributed by atoms with Gasteiger partial charge in [-0.05, 0) is 102 Å². The summed E-state index contributed by atoms with van der Waals surface area (Å²) in [5.74, 6) is 0.542. The highest BCUT2D eigenvalue weighted by atomic mass is 127. The lowest BCUT2D eigenvalue weighted by molar-refractivity contribution is -0.381. The first kappa shape index (κ1) is 28.5. The molecule has 2 aromatic carbocycles. The Morgan fingerprint density at radius 3 is 2.38 bits per heavy atom. The molecule has 4 bridgehead atoms. The molecular weight excluding hydrogens is 647 g/mol. The topological polar surface area (TPSA) is 119 Å². The lowest BCUT2D eigenvalue weighted by Crippen LogP contribution is -2.67. The maximum atomic E-state index is 10.3. The highest BCUT2D eigenvalue weighted by Gasteiger charge is 2.58. The maximum absolute atomic E-state index is 10.3. The van der Waals surface area contributed by atoms with Gasteiger partial charge in [0.25, 0.3) is 5.79 Å². The molecule has 2 aromatic rings. The fraction of sp³-hybridized carbons (Fsp3) is 0.594. The molecule has 0 radical (unpaired) electrons. The van der Waals surface area contributed by atoms with Crippen molar-refractivity contribution < 1.29 is 23.7 Å². The van der Waals surface area contributed by atoms with E-state index in [0.29, 0.717) is 24.4 Å². The number of azide groups is 1. The summed E-state index contributed by atoms with van der Waals surface area (Å²) in [5.41, 5.74) is 11.4. The zero-order chi connectivity index (χ0) is 28.7. The van der Waals surface area contributed by atoms with Gasteiger partial charge in [0.15, 0.2) is 6.29 Å². The molecule has 2 heterocycles. The van der Waals surface area contributed by atoms with Gasteiger partial charge in [0.1, 0.15) is 24.4 Å². The molecule has 42 heavy (non-hydrogen) atoms. The van der Waals surface area contributed by atoms with E-state index in [0.717, 1.165) is 34.0 Å². The third kappa shape index (κ3) is 5.57. The second-order valence-corrected chi connectivity index (χ2v) is 13.9. The molecule has 0 N–H and O–H groups in total. The van der Waals surface area contributed by atoms with Gasteiger partial charge in [0, 0.05) is 14.9 Å². The monoisotopic (exact) mass is 682 g/mol. The van der Waals surface area contributed by atoms with Crippen LogP contribution in [0, 0.1) is 32.7 Å². The van der Waals surface area contributed by atoms with Crippen LogP contribution >= 0.6 is 22.6 Å². The molecule has 6 aliphatic rings. The van der Waals surface area contributed by atoms with Crippen molar-refractivity contribution in [2.75, 3.05) is 6.61 Å². The van der Waals surface area contributed by atoms with Crippen LogP contribution in [0.3, 0.4) is 0 Å². The standard InChI is InChI=1S/C32H35IN4O5/c33-25-9-5-4-8-24(25)16-32(19-34)39-18-26-28(41-32)27(36-37-35)29(38-17-20-6-2-1-3-7-20)30(40-26)42-31-13-21-10-22(14-31)12-23(11-21)15-31/h1-9,21-23,26-30H,10-18H2/t21?,22?,23?,26-,27+,28-,29+,30+,31?,32?/m1/s1. The first-order chi connectivity index (χ1) is 20.5. The molecule has 0 spiro atoms. The molecule has 1 unspecified atom stereocenters. The SMILES string of the molecule is N#CC1(Cc2ccccc2I)OC[C@H]2O[C@@H](OC34CC5CC(CC(C5)C3)C4)[C@@H](OCc3ccccc3)[C@@H](N=[N+]=[N-])[C@@H]2O1. The summed E-state index contributed by atoms with van der Waals surface area (Å²) in [5, 5.41) is 14.5. The second-order valence-electron chi connectivity index (χ2n) is 12.7. The van der Waals surface area contributed by atoms with E-state index in [1.54, 1.807) is 0 Å². The van der Waals surface area contributed by atoms with Crippen molar-refractivity contribution in [3.8, 4) is 6.07 Å². The fourth-order valence-electron chi connectivity index (χ4n) is 8.38. The molecule has 9 nitrogen and oxygen atoms in total. The Morgan fingerprint density at radius 1 is 1.02 bits per heavy atom. The van der Waals surface area contributed by atoms with Crippen LogP contribution in [-0.2, 0) is 36.7 Å². The molecule has 6 atom stereocenters. The van der Waals surface area contributed by atoms with E-state index >= 15 is 0 Å². The van der Waals surface area contributed by atoms with Gasteiger partial charge in [0.05, 0.1) is 24.9 Å². The van der Waals surface area contributed by atoms with Crippen molar-refractivity contribution in [3.63, 3.8) is 0 Å². The molecule has 8 rings (SSSR count). The van der Waals surface area contributed by atoms with Gasteiger partial charge in [-0.15, -0.1) is 0 Å². The number of hydrogen-bond acceptors (Lipinski definition) is 7. The van der Waals surface area contributed by atoms with E-state index in [4.69, 9.17) is 23.7 Å². The van der Waals surface area contributed by atoms with Crippen LogP contribution in [0.15, 0.2) is 59.7 Å². The summed E-state index contributed by atoms with van der Waals surface area (Å²) in [4.78, 5) is 3.22. The predicted octanol–water partition coefficient (Wildman–Crippen LogP) is 6.44. The normalized spacial score (nSPS) is 40.1. The minimum Gasteiger partial charge on any atom is -0.368 e. The maximum Gasteiger partial charge on any atom is 0.263 e. The van der Waals surface area contributed by atoms with Gasteiger partial charge < -0.3 is 23.7 Å². The van der Waals surface area contributed by atoms with Crippen LogP contribution in [-0.4, -0.2) is 48.6 Å². The Morgan fingerprint density at radius 2 is 1.71 bits per heavy atom. The number of hydrogen-bond donors (Lipinski definition) is 0. The summed E-state index contributed by atoms with van der Waals surface area (Å²) in [6.45, 7) is 0.414. The predicted molar refractivity (Wildman–Crippen MR) is 161 cm³/mol. The minimum absolute atomic E-state index is 0.116. The first-order valence-corrected chi connectivity index (χ1v) is 16.0. The van der Waals surface area contributed by atoms with Crippen LogP contribution < -0.4 is 0 Å². The van der Waals surface area contributed by atoms with Gasteiger partial charge in [0.2, 0.25) is 0 Å². The molecule has 0 aromatic heterocycles. The molecule has 0 amide bonds. The van der Waals surface area contributed by atoms with Crippen molar-refractivity contribution in [3.05, 3.63) is 79.7 Å². The molecule has 2 saturated heterocycles. The summed E-state index contributed by atoms with van der Waals surface area (Å²) in [6.07, 6.45) is 4.43. The fourth-order valence-corrected chi connectivity index (χ4v) is 8.96. The number of halogens is 1. The average Bonchev–Trinajstić information content (AvgIpc) is 2.98. The van der Waals surface area contributed by atoms with Crippen LogP contribution in [0.4, 0.5) is 0 Å². The summed E-state index contributed by atoms with van der Waals surface area (Å²) in [7, 11) is 0. The van der Waals surface area contributed by atoms with Gasteiger partial charge in [-0.3, -0.25) is 0 Å². The smallest absolute Gasteiger partial charge is 0.263 e. The number of rotatable bonds is 8.